The molecule has 0 unspecified atom stereocenters. The number of aryl methyl sites for hydroxylation is 1. The summed E-state index contributed by atoms with van der Waals surface area (Å²) in [5.41, 5.74) is 10.1. The van der Waals surface area contributed by atoms with Gasteiger partial charge in [-0.15, -0.1) is 0 Å². The summed E-state index contributed by atoms with van der Waals surface area (Å²) < 4.78 is 0. The summed E-state index contributed by atoms with van der Waals surface area (Å²) in [6, 6.07) is 6.22. The molecule has 3 heteroatoms. The van der Waals surface area contributed by atoms with Crippen molar-refractivity contribution in [3.8, 4) is 0 Å². The molecule has 3 nitrogen and oxygen atoms in total. The number of rotatable bonds is 5. The fourth-order valence-electron chi connectivity index (χ4n) is 1.87. The van der Waals surface area contributed by atoms with Gasteiger partial charge in [0.25, 0.3) is 0 Å². The summed E-state index contributed by atoms with van der Waals surface area (Å²) in [6.45, 7) is 9.09. The number of nitrogens with one attached hydrogen (secondary N) is 1. The van der Waals surface area contributed by atoms with Crippen molar-refractivity contribution in [3.05, 3.63) is 35.9 Å². The first kappa shape index (κ1) is 12.7. The van der Waals surface area contributed by atoms with Crippen molar-refractivity contribution in [1.82, 2.24) is 0 Å². The lowest BCUT2D eigenvalue weighted by Crippen LogP contribution is -2.13. The summed E-state index contributed by atoms with van der Waals surface area (Å²) in [5.74, 6) is 1.21. The van der Waals surface area contributed by atoms with Gasteiger partial charge >= 0.3 is 0 Å². The Kier molecular flexibility index (Phi) is 3.70. The molecule has 0 heterocycles. The van der Waals surface area contributed by atoms with Crippen molar-refractivity contribution >= 4 is 17.2 Å². The summed E-state index contributed by atoms with van der Waals surface area (Å²) in [7, 11) is 0. The zero-order chi connectivity index (χ0) is 13.1. The lowest BCUT2D eigenvalue weighted by molar-refractivity contribution is 1.16. The molecule has 0 radical (unpaired) electrons. The molecular formula is C15H21N3. The van der Waals surface area contributed by atoms with Crippen LogP contribution in [0.2, 0.25) is 0 Å². The highest BCUT2D eigenvalue weighted by Gasteiger charge is 2.25. The van der Waals surface area contributed by atoms with Gasteiger partial charge in [0.05, 0.1) is 5.70 Å². The molecule has 1 aliphatic carbocycles. The second-order valence-corrected chi connectivity index (χ2v) is 4.82. The van der Waals surface area contributed by atoms with E-state index in [9.17, 15) is 0 Å². The molecule has 1 saturated carbocycles. The quantitative estimate of drug-likeness (QED) is 0.616. The molecule has 96 valence electrons. The Bertz CT molecular complexity index is 485. The van der Waals surface area contributed by atoms with Crippen LogP contribution >= 0.6 is 0 Å². The Morgan fingerprint density at radius 2 is 2.22 bits per heavy atom. The van der Waals surface area contributed by atoms with Crippen LogP contribution in [-0.2, 0) is 0 Å². The smallest absolute Gasteiger partial charge is 0.103 e. The first-order valence-corrected chi connectivity index (χ1v) is 6.49. The number of nitrogens with zero attached hydrogens (tertiary/aromatic N) is 1. The lowest BCUT2D eigenvalue weighted by atomic mass is 10.1. The third-order valence-corrected chi connectivity index (χ3v) is 3.20. The lowest BCUT2D eigenvalue weighted by Gasteiger charge is -2.10. The average Bonchev–Trinajstić information content (AvgIpc) is 3.16. The third-order valence-electron chi connectivity index (χ3n) is 3.20. The molecule has 18 heavy (non-hydrogen) atoms. The Morgan fingerprint density at radius 1 is 1.50 bits per heavy atom. The van der Waals surface area contributed by atoms with Crippen molar-refractivity contribution in [2.75, 3.05) is 11.9 Å². The highest BCUT2D eigenvalue weighted by atomic mass is 14.9. The van der Waals surface area contributed by atoms with Gasteiger partial charge in [0.2, 0.25) is 0 Å². The largest absolute Gasteiger partial charge is 0.387 e. The zero-order valence-corrected chi connectivity index (χ0v) is 11.2. The van der Waals surface area contributed by atoms with E-state index in [-0.39, 0.29) is 0 Å². The van der Waals surface area contributed by atoms with Gasteiger partial charge in [-0.3, -0.25) is 0 Å². The Labute approximate surface area is 109 Å². The normalized spacial score (nSPS) is 15.6. The van der Waals surface area contributed by atoms with Gasteiger partial charge in [0, 0.05) is 23.7 Å². The number of hydrogen-bond donors (Lipinski definition) is 2. The van der Waals surface area contributed by atoms with Gasteiger partial charge in [0.1, 0.15) is 5.84 Å². The van der Waals surface area contributed by atoms with Crippen LogP contribution < -0.4 is 11.1 Å². The summed E-state index contributed by atoms with van der Waals surface area (Å²) >= 11 is 0. The summed E-state index contributed by atoms with van der Waals surface area (Å²) in [6.07, 6.45) is 2.33. The topological polar surface area (TPSA) is 50.4 Å². The van der Waals surface area contributed by atoms with E-state index in [0.717, 1.165) is 29.3 Å². The number of aliphatic imine (C=N–C) groups is 1. The van der Waals surface area contributed by atoms with E-state index in [2.05, 4.69) is 42.9 Å². The van der Waals surface area contributed by atoms with Crippen LogP contribution in [0.5, 0.6) is 0 Å². The van der Waals surface area contributed by atoms with E-state index in [0.29, 0.717) is 5.92 Å². The Balaban J connectivity index is 2.19. The molecule has 0 spiro atoms. The molecule has 1 aliphatic rings. The molecule has 0 aliphatic heterocycles. The van der Waals surface area contributed by atoms with Crippen LogP contribution in [0.4, 0.5) is 5.69 Å². The molecule has 1 fully saturated rings. The molecule has 0 aromatic heterocycles. The first-order chi connectivity index (χ1) is 8.61. The van der Waals surface area contributed by atoms with E-state index >= 15 is 0 Å². The van der Waals surface area contributed by atoms with E-state index in [1.165, 1.54) is 18.4 Å². The van der Waals surface area contributed by atoms with Crippen molar-refractivity contribution in [2.45, 2.75) is 26.7 Å². The van der Waals surface area contributed by atoms with Gasteiger partial charge in [-0.1, -0.05) is 18.7 Å². The SMILES string of the molecule is C=C(N=C(N)C1CC1)c1ccc(C)c(NCC)c1. The number of benzene rings is 1. The minimum absolute atomic E-state index is 0.487. The molecule has 0 amide bonds. The maximum Gasteiger partial charge on any atom is 0.103 e. The molecular weight excluding hydrogens is 222 g/mol. The highest BCUT2D eigenvalue weighted by molar-refractivity contribution is 5.90. The fourth-order valence-corrected chi connectivity index (χ4v) is 1.87. The van der Waals surface area contributed by atoms with Crippen LogP contribution in [0.25, 0.3) is 5.70 Å². The minimum Gasteiger partial charge on any atom is -0.387 e. The van der Waals surface area contributed by atoms with Crippen LogP contribution in [0.15, 0.2) is 29.8 Å². The predicted octanol–water partition coefficient (Wildman–Crippen LogP) is 3.16. The van der Waals surface area contributed by atoms with Crippen molar-refractivity contribution in [2.24, 2.45) is 16.6 Å². The van der Waals surface area contributed by atoms with Crippen LogP contribution in [-0.4, -0.2) is 12.4 Å². The molecule has 0 saturated heterocycles. The summed E-state index contributed by atoms with van der Waals surface area (Å²) in [4.78, 5) is 4.41. The van der Waals surface area contributed by atoms with E-state index in [4.69, 9.17) is 5.73 Å². The monoisotopic (exact) mass is 243 g/mol. The molecule has 1 aromatic rings. The maximum absolute atomic E-state index is 5.92. The van der Waals surface area contributed by atoms with Gasteiger partial charge in [0.15, 0.2) is 0 Å². The zero-order valence-electron chi connectivity index (χ0n) is 11.2. The number of amidine groups is 1. The minimum atomic E-state index is 0.487. The van der Waals surface area contributed by atoms with Crippen molar-refractivity contribution < 1.29 is 0 Å². The first-order valence-electron chi connectivity index (χ1n) is 6.49. The molecule has 1 aromatic carbocycles. The van der Waals surface area contributed by atoms with Gasteiger partial charge in [-0.2, -0.15) is 0 Å². The van der Waals surface area contributed by atoms with Gasteiger partial charge in [-0.25, -0.2) is 4.99 Å². The van der Waals surface area contributed by atoms with Crippen molar-refractivity contribution in [1.29, 1.82) is 0 Å². The predicted molar refractivity (Wildman–Crippen MR) is 78.7 cm³/mol. The standard InChI is InChI=1S/C15H21N3/c1-4-17-14-9-13(6-5-10(14)2)11(3)18-15(16)12-7-8-12/h5-6,9,12,17H,3-4,7-8H2,1-2H3,(H2,16,18). The van der Waals surface area contributed by atoms with Crippen LogP contribution in [0, 0.1) is 12.8 Å². The fraction of sp³-hybridized carbons (Fsp3) is 0.400. The number of anilines is 1. The van der Waals surface area contributed by atoms with Crippen molar-refractivity contribution in [3.63, 3.8) is 0 Å². The second-order valence-electron chi connectivity index (χ2n) is 4.82. The molecule has 2 rings (SSSR count). The number of hydrogen-bond acceptors (Lipinski definition) is 2. The van der Waals surface area contributed by atoms with E-state index < -0.39 is 0 Å². The molecule has 0 atom stereocenters. The molecule has 0 bridgehead atoms. The van der Waals surface area contributed by atoms with E-state index in [1.54, 1.807) is 0 Å². The average molecular weight is 243 g/mol. The van der Waals surface area contributed by atoms with Gasteiger partial charge in [-0.05, 0) is 38.3 Å². The Hall–Kier alpha value is -1.77. The summed E-state index contributed by atoms with van der Waals surface area (Å²) in [5, 5.41) is 3.34. The highest BCUT2D eigenvalue weighted by Crippen LogP contribution is 2.30. The molecule has 3 N–H and O–H groups in total. The van der Waals surface area contributed by atoms with Crippen LogP contribution in [0.1, 0.15) is 30.9 Å². The van der Waals surface area contributed by atoms with Gasteiger partial charge < -0.3 is 11.1 Å². The third kappa shape index (κ3) is 2.92. The number of nitrogens with two attached hydrogens (primary N) is 1. The Morgan fingerprint density at radius 3 is 2.83 bits per heavy atom. The van der Waals surface area contributed by atoms with E-state index in [1.807, 2.05) is 6.07 Å². The maximum atomic E-state index is 5.92. The van der Waals surface area contributed by atoms with Crippen LogP contribution in [0.3, 0.4) is 0 Å². The second kappa shape index (κ2) is 5.25.